The van der Waals surface area contributed by atoms with Crippen molar-refractivity contribution in [2.75, 3.05) is 6.54 Å². The van der Waals surface area contributed by atoms with Crippen LogP contribution in [0.3, 0.4) is 0 Å². The Balaban J connectivity index is 2.72. The maximum Gasteiger partial charge on any atom is 0.443 e. The van der Waals surface area contributed by atoms with Crippen LogP contribution in [0.1, 0.15) is 40.6 Å². The van der Waals surface area contributed by atoms with Crippen molar-refractivity contribution in [1.82, 2.24) is 10.3 Å². The standard InChI is InChI=1S/C11H15F3N2OS/c1-6(2)4-5-15-9(17)8-7(3)16-10(18-8)11(12,13)14/h6H,4-5H2,1-3H3,(H,15,17). The van der Waals surface area contributed by atoms with Crippen LogP contribution in [0.5, 0.6) is 0 Å². The number of nitrogens with one attached hydrogen (secondary N) is 1. The average Bonchev–Trinajstić information content (AvgIpc) is 2.59. The fourth-order valence-corrected chi connectivity index (χ4v) is 2.13. The molecule has 0 spiro atoms. The van der Waals surface area contributed by atoms with E-state index in [0.29, 0.717) is 23.8 Å². The third-order valence-electron chi connectivity index (χ3n) is 2.25. The highest BCUT2D eigenvalue weighted by Gasteiger charge is 2.36. The lowest BCUT2D eigenvalue weighted by atomic mass is 10.1. The predicted molar refractivity (Wildman–Crippen MR) is 63.6 cm³/mol. The number of rotatable bonds is 4. The highest BCUT2D eigenvalue weighted by molar-refractivity contribution is 7.13. The number of thiazole rings is 1. The lowest BCUT2D eigenvalue weighted by molar-refractivity contribution is -0.137. The molecule has 1 aromatic heterocycles. The second-order valence-corrected chi connectivity index (χ2v) is 5.37. The number of hydrogen-bond acceptors (Lipinski definition) is 3. The summed E-state index contributed by atoms with van der Waals surface area (Å²) in [6, 6.07) is 0. The zero-order valence-corrected chi connectivity index (χ0v) is 11.2. The monoisotopic (exact) mass is 280 g/mol. The second kappa shape index (κ2) is 5.69. The maximum atomic E-state index is 12.4. The van der Waals surface area contributed by atoms with Crippen LogP contribution >= 0.6 is 11.3 Å². The summed E-state index contributed by atoms with van der Waals surface area (Å²) in [5, 5.41) is 1.62. The first-order valence-corrected chi connectivity index (χ1v) is 6.36. The minimum absolute atomic E-state index is 0.0334. The number of amides is 1. The van der Waals surface area contributed by atoms with Gasteiger partial charge in [-0.25, -0.2) is 4.98 Å². The molecule has 3 nitrogen and oxygen atoms in total. The zero-order valence-electron chi connectivity index (χ0n) is 10.4. The van der Waals surface area contributed by atoms with Gasteiger partial charge in [0.05, 0.1) is 5.69 Å². The van der Waals surface area contributed by atoms with Crippen molar-refractivity contribution in [1.29, 1.82) is 0 Å². The molecule has 0 atom stereocenters. The third-order valence-corrected chi connectivity index (χ3v) is 3.45. The van der Waals surface area contributed by atoms with Gasteiger partial charge in [-0.3, -0.25) is 4.79 Å². The Morgan fingerprint density at radius 1 is 1.44 bits per heavy atom. The highest BCUT2D eigenvalue weighted by Crippen LogP contribution is 2.33. The molecule has 18 heavy (non-hydrogen) atoms. The second-order valence-electron chi connectivity index (χ2n) is 4.37. The summed E-state index contributed by atoms with van der Waals surface area (Å²) in [5.41, 5.74) is 0.120. The van der Waals surface area contributed by atoms with Gasteiger partial charge in [-0.05, 0) is 19.3 Å². The van der Waals surface area contributed by atoms with E-state index in [2.05, 4.69) is 10.3 Å². The van der Waals surface area contributed by atoms with Crippen molar-refractivity contribution in [3.63, 3.8) is 0 Å². The van der Waals surface area contributed by atoms with Crippen LogP contribution < -0.4 is 5.32 Å². The Morgan fingerprint density at radius 2 is 2.06 bits per heavy atom. The molecule has 0 saturated carbocycles. The van der Waals surface area contributed by atoms with E-state index in [1.807, 2.05) is 13.8 Å². The first kappa shape index (κ1) is 14.9. The Bertz CT molecular complexity index is 426. The number of carbonyl (C=O) groups is 1. The molecule has 0 radical (unpaired) electrons. The Kier molecular flexibility index (Phi) is 4.72. The molecule has 0 aliphatic heterocycles. The minimum Gasteiger partial charge on any atom is -0.351 e. The van der Waals surface area contributed by atoms with Gasteiger partial charge in [-0.1, -0.05) is 13.8 Å². The van der Waals surface area contributed by atoms with Gasteiger partial charge >= 0.3 is 6.18 Å². The molecule has 0 bridgehead atoms. The summed E-state index contributed by atoms with van der Waals surface area (Å²) in [7, 11) is 0. The molecule has 102 valence electrons. The van der Waals surface area contributed by atoms with Gasteiger partial charge < -0.3 is 5.32 Å². The van der Waals surface area contributed by atoms with Crippen molar-refractivity contribution >= 4 is 17.2 Å². The average molecular weight is 280 g/mol. The van der Waals surface area contributed by atoms with Crippen LogP contribution in [-0.4, -0.2) is 17.4 Å². The van der Waals surface area contributed by atoms with Gasteiger partial charge in [0.2, 0.25) is 0 Å². The van der Waals surface area contributed by atoms with Gasteiger partial charge in [0.15, 0.2) is 5.01 Å². The summed E-state index contributed by atoms with van der Waals surface area (Å²) < 4.78 is 37.3. The Labute approximate surface area is 107 Å². The molecule has 0 aliphatic rings. The van der Waals surface area contributed by atoms with Gasteiger partial charge in [-0.2, -0.15) is 13.2 Å². The zero-order chi connectivity index (χ0) is 13.9. The number of aryl methyl sites for hydroxylation is 1. The molecule has 7 heteroatoms. The number of hydrogen-bond donors (Lipinski definition) is 1. The van der Waals surface area contributed by atoms with E-state index in [9.17, 15) is 18.0 Å². The van der Waals surface area contributed by atoms with Gasteiger partial charge in [0.25, 0.3) is 5.91 Å². The molecule has 0 saturated heterocycles. The normalized spacial score (nSPS) is 11.9. The van der Waals surface area contributed by atoms with E-state index >= 15 is 0 Å². The SMILES string of the molecule is Cc1nc(C(F)(F)F)sc1C(=O)NCCC(C)C. The van der Waals surface area contributed by atoms with E-state index in [0.717, 1.165) is 6.42 Å². The quantitative estimate of drug-likeness (QED) is 0.920. The Morgan fingerprint density at radius 3 is 2.50 bits per heavy atom. The van der Waals surface area contributed by atoms with Crippen LogP contribution in [0.25, 0.3) is 0 Å². The number of nitrogens with zero attached hydrogens (tertiary/aromatic N) is 1. The largest absolute Gasteiger partial charge is 0.443 e. The van der Waals surface area contributed by atoms with E-state index in [1.54, 1.807) is 0 Å². The Hall–Kier alpha value is -1.11. The highest BCUT2D eigenvalue weighted by atomic mass is 32.1. The molecule has 1 aromatic rings. The molecule has 0 aromatic carbocycles. The van der Waals surface area contributed by atoms with Crippen LogP contribution in [0.2, 0.25) is 0 Å². The topological polar surface area (TPSA) is 42.0 Å². The number of carbonyl (C=O) groups excluding carboxylic acids is 1. The fraction of sp³-hybridized carbons (Fsp3) is 0.636. The van der Waals surface area contributed by atoms with Gasteiger partial charge in [0.1, 0.15) is 4.88 Å². The maximum absolute atomic E-state index is 12.4. The van der Waals surface area contributed by atoms with E-state index in [1.165, 1.54) is 6.92 Å². The minimum atomic E-state index is -4.49. The van der Waals surface area contributed by atoms with E-state index in [4.69, 9.17) is 0 Å². The molecule has 1 rings (SSSR count). The lowest BCUT2D eigenvalue weighted by Crippen LogP contribution is -2.25. The van der Waals surface area contributed by atoms with E-state index in [-0.39, 0.29) is 10.6 Å². The molecule has 1 heterocycles. The van der Waals surface area contributed by atoms with E-state index < -0.39 is 17.1 Å². The molecule has 1 amide bonds. The molecular formula is C11H15F3N2OS. The molecule has 0 unspecified atom stereocenters. The van der Waals surface area contributed by atoms with Gasteiger partial charge in [0, 0.05) is 6.54 Å². The molecular weight excluding hydrogens is 265 g/mol. The van der Waals surface area contributed by atoms with Crippen molar-refractivity contribution in [2.45, 2.75) is 33.4 Å². The summed E-state index contributed by atoms with van der Waals surface area (Å²) in [5.74, 6) is -0.0558. The van der Waals surface area contributed by atoms with Crippen LogP contribution in [0.4, 0.5) is 13.2 Å². The smallest absolute Gasteiger partial charge is 0.351 e. The molecule has 0 fully saturated rings. The molecule has 1 N–H and O–H groups in total. The summed E-state index contributed by atoms with van der Waals surface area (Å²) >= 11 is 0.385. The summed E-state index contributed by atoms with van der Waals surface area (Å²) in [6.07, 6.45) is -3.71. The summed E-state index contributed by atoms with van der Waals surface area (Å²) in [4.78, 5) is 15.1. The fourth-order valence-electron chi connectivity index (χ4n) is 1.28. The summed E-state index contributed by atoms with van der Waals surface area (Å²) in [6.45, 7) is 5.87. The predicted octanol–water partition coefficient (Wildman–Crippen LogP) is 3.25. The van der Waals surface area contributed by atoms with Gasteiger partial charge in [-0.15, -0.1) is 11.3 Å². The number of alkyl halides is 3. The molecule has 0 aliphatic carbocycles. The van der Waals surface area contributed by atoms with Crippen molar-refractivity contribution < 1.29 is 18.0 Å². The van der Waals surface area contributed by atoms with Crippen molar-refractivity contribution in [3.05, 3.63) is 15.6 Å². The first-order valence-electron chi connectivity index (χ1n) is 5.54. The lowest BCUT2D eigenvalue weighted by Gasteiger charge is -2.05. The van der Waals surface area contributed by atoms with Crippen LogP contribution in [0.15, 0.2) is 0 Å². The first-order chi connectivity index (χ1) is 8.21. The number of aromatic nitrogens is 1. The van der Waals surface area contributed by atoms with Crippen LogP contribution in [-0.2, 0) is 6.18 Å². The third kappa shape index (κ3) is 3.97. The van der Waals surface area contributed by atoms with Crippen molar-refractivity contribution in [2.24, 2.45) is 5.92 Å². The van der Waals surface area contributed by atoms with Crippen LogP contribution in [0, 0.1) is 12.8 Å². The van der Waals surface area contributed by atoms with Crippen molar-refractivity contribution in [3.8, 4) is 0 Å². The number of halogens is 3.